The van der Waals surface area contributed by atoms with Crippen molar-refractivity contribution in [3.05, 3.63) is 28.8 Å². The SMILES string of the molecule is CC(CO)N(C)c1cccc(Cl)c1CN. The van der Waals surface area contributed by atoms with Gasteiger partial charge in [-0.15, -0.1) is 0 Å². The first kappa shape index (κ1) is 12.3. The van der Waals surface area contributed by atoms with Gasteiger partial charge >= 0.3 is 0 Å². The number of benzene rings is 1. The number of aliphatic hydroxyl groups is 1. The number of halogens is 1. The molecule has 0 radical (unpaired) electrons. The Balaban J connectivity index is 3.07. The Hall–Kier alpha value is -0.770. The highest BCUT2D eigenvalue weighted by Crippen LogP contribution is 2.27. The molecule has 0 aromatic heterocycles. The van der Waals surface area contributed by atoms with Gasteiger partial charge < -0.3 is 15.7 Å². The molecule has 1 atom stereocenters. The molecule has 3 N–H and O–H groups in total. The van der Waals surface area contributed by atoms with Gasteiger partial charge in [-0.25, -0.2) is 0 Å². The van der Waals surface area contributed by atoms with E-state index in [9.17, 15) is 0 Å². The number of nitrogens with zero attached hydrogens (tertiary/aromatic N) is 1. The third-order valence-corrected chi connectivity index (χ3v) is 2.96. The maximum Gasteiger partial charge on any atom is 0.0632 e. The van der Waals surface area contributed by atoms with Gasteiger partial charge in [-0.05, 0) is 19.1 Å². The van der Waals surface area contributed by atoms with E-state index in [1.54, 1.807) is 0 Å². The molecule has 0 fully saturated rings. The second-order valence-corrected chi connectivity index (χ2v) is 3.99. The molecule has 84 valence electrons. The topological polar surface area (TPSA) is 49.5 Å². The van der Waals surface area contributed by atoms with Crippen LogP contribution in [0.2, 0.25) is 5.02 Å². The Labute approximate surface area is 95.5 Å². The third-order valence-electron chi connectivity index (χ3n) is 2.60. The molecule has 0 saturated heterocycles. The second kappa shape index (κ2) is 5.35. The molecular formula is C11H17ClN2O. The fraction of sp³-hybridized carbons (Fsp3) is 0.455. The summed E-state index contributed by atoms with van der Waals surface area (Å²) >= 11 is 6.05. The molecule has 0 spiro atoms. The molecule has 0 heterocycles. The molecule has 0 aliphatic heterocycles. The molecule has 1 unspecified atom stereocenters. The van der Waals surface area contributed by atoms with Crippen molar-refractivity contribution in [1.29, 1.82) is 0 Å². The lowest BCUT2D eigenvalue weighted by Gasteiger charge is -2.27. The van der Waals surface area contributed by atoms with E-state index < -0.39 is 0 Å². The number of nitrogens with two attached hydrogens (primary N) is 1. The summed E-state index contributed by atoms with van der Waals surface area (Å²) < 4.78 is 0. The summed E-state index contributed by atoms with van der Waals surface area (Å²) in [6, 6.07) is 5.72. The molecule has 0 aliphatic carbocycles. The fourth-order valence-electron chi connectivity index (χ4n) is 1.44. The highest BCUT2D eigenvalue weighted by atomic mass is 35.5. The molecule has 1 aromatic rings. The lowest BCUT2D eigenvalue weighted by Crippen LogP contribution is -2.32. The van der Waals surface area contributed by atoms with Crippen molar-refractivity contribution in [3.8, 4) is 0 Å². The van der Waals surface area contributed by atoms with Gasteiger partial charge in [0.2, 0.25) is 0 Å². The van der Waals surface area contributed by atoms with Crippen molar-refractivity contribution in [2.75, 3.05) is 18.6 Å². The van der Waals surface area contributed by atoms with E-state index in [1.165, 1.54) is 0 Å². The van der Waals surface area contributed by atoms with Crippen LogP contribution in [0.1, 0.15) is 12.5 Å². The normalized spacial score (nSPS) is 12.6. The minimum atomic E-state index is 0.0498. The summed E-state index contributed by atoms with van der Waals surface area (Å²) in [5.41, 5.74) is 7.55. The van der Waals surface area contributed by atoms with Crippen molar-refractivity contribution in [2.45, 2.75) is 19.5 Å². The Morgan fingerprint density at radius 1 is 1.53 bits per heavy atom. The van der Waals surface area contributed by atoms with Crippen LogP contribution in [0.15, 0.2) is 18.2 Å². The lowest BCUT2D eigenvalue weighted by atomic mass is 10.1. The van der Waals surface area contributed by atoms with Crippen LogP contribution in [0.25, 0.3) is 0 Å². The smallest absolute Gasteiger partial charge is 0.0632 e. The van der Waals surface area contributed by atoms with E-state index in [0.29, 0.717) is 11.6 Å². The van der Waals surface area contributed by atoms with Crippen molar-refractivity contribution in [3.63, 3.8) is 0 Å². The number of hydrogen-bond donors (Lipinski definition) is 2. The van der Waals surface area contributed by atoms with Crippen LogP contribution in [-0.4, -0.2) is 24.8 Å². The van der Waals surface area contributed by atoms with E-state index >= 15 is 0 Å². The minimum absolute atomic E-state index is 0.0498. The number of likely N-dealkylation sites (N-methyl/N-ethyl adjacent to an activating group) is 1. The van der Waals surface area contributed by atoms with Gasteiger partial charge in [0.1, 0.15) is 0 Å². The largest absolute Gasteiger partial charge is 0.394 e. The van der Waals surface area contributed by atoms with Crippen LogP contribution in [0.5, 0.6) is 0 Å². The van der Waals surface area contributed by atoms with Gasteiger partial charge in [0, 0.05) is 35.9 Å². The molecule has 15 heavy (non-hydrogen) atoms. The number of anilines is 1. The average molecular weight is 229 g/mol. The molecule has 3 nitrogen and oxygen atoms in total. The van der Waals surface area contributed by atoms with Gasteiger partial charge in [0.15, 0.2) is 0 Å². The standard InChI is InChI=1S/C11H17ClN2O/c1-8(7-15)14(2)11-5-3-4-10(12)9(11)6-13/h3-5,8,15H,6-7,13H2,1-2H3. The Morgan fingerprint density at radius 3 is 2.73 bits per heavy atom. The first-order chi connectivity index (χ1) is 7.11. The summed E-state index contributed by atoms with van der Waals surface area (Å²) in [6.45, 7) is 2.45. The van der Waals surface area contributed by atoms with E-state index in [2.05, 4.69) is 0 Å². The number of rotatable bonds is 4. The predicted molar refractivity (Wildman–Crippen MR) is 64.3 cm³/mol. The van der Waals surface area contributed by atoms with Crippen molar-refractivity contribution in [1.82, 2.24) is 0 Å². The molecule has 1 aromatic carbocycles. The summed E-state index contributed by atoms with van der Waals surface area (Å²) in [5.74, 6) is 0. The van der Waals surface area contributed by atoms with Gasteiger partial charge in [-0.1, -0.05) is 17.7 Å². The first-order valence-corrected chi connectivity index (χ1v) is 5.30. The van der Waals surface area contributed by atoms with Gasteiger partial charge in [0.05, 0.1) is 6.61 Å². The monoisotopic (exact) mass is 228 g/mol. The van der Waals surface area contributed by atoms with Gasteiger partial charge in [0.25, 0.3) is 0 Å². The van der Waals surface area contributed by atoms with E-state index in [-0.39, 0.29) is 12.6 Å². The number of hydrogen-bond acceptors (Lipinski definition) is 3. The molecule has 4 heteroatoms. The van der Waals surface area contributed by atoms with Crippen molar-refractivity contribution < 1.29 is 5.11 Å². The Kier molecular flexibility index (Phi) is 4.39. The van der Waals surface area contributed by atoms with Crippen LogP contribution >= 0.6 is 11.6 Å². The van der Waals surface area contributed by atoms with Crippen LogP contribution in [0, 0.1) is 0 Å². The molecule has 0 aliphatic rings. The second-order valence-electron chi connectivity index (χ2n) is 3.58. The summed E-state index contributed by atoms with van der Waals surface area (Å²) in [5, 5.41) is 9.77. The molecule has 0 amide bonds. The molecular weight excluding hydrogens is 212 g/mol. The van der Waals surface area contributed by atoms with E-state index in [4.69, 9.17) is 22.4 Å². The van der Waals surface area contributed by atoms with Crippen molar-refractivity contribution in [2.24, 2.45) is 5.73 Å². The molecule has 1 rings (SSSR count). The minimum Gasteiger partial charge on any atom is -0.394 e. The van der Waals surface area contributed by atoms with Crippen LogP contribution in [0.3, 0.4) is 0 Å². The Morgan fingerprint density at radius 2 is 2.20 bits per heavy atom. The average Bonchev–Trinajstić information content (AvgIpc) is 2.26. The molecule has 0 bridgehead atoms. The fourth-order valence-corrected chi connectivity index (χ4v) is 1.69. The zero-order valence-electron chi connectivity index (χ0n) is 9.07. The van der Waals surface area contributed by atoms with Crippen molar-refractivity contribution >= 4 is 17.3 Å². The zero-order valence-corrected chi connectivity index (χ0v) is 9.83. The zero-order chi connectivity index (χ0) is 11.4. The third kappa shape index (κ3) is 2.62. The molecule has 0 saturated carbocycles. The van der Waals surface area contributed by atoms with Crippen LogP contribution < -0.4 is 10.6 Å². The van der Waals surface area contributed by atoms with Crippen LogP contribution in [0.4, 0.5) is 5.69 Å². The van der Waals surface area contributed by atoms with E-state index in [0.717, 1.165) is 11.3 Å². The summed E-state index contributed by atoms with van der Waals surface area (Å²) in [6.07, 6.45) is 0. The maximum atomic E-state index is 9.09. The first-order valence-electron chi connectivity index (χ1n) is 4.93. The highest BCUT2D eigenvalue weighted by molar-refractivity contribution is 6.31. The number of aliphatic hydroxyl groups excluding tert-OH is 1. The maximum absolute atomic E-state index is 9.09. The van der Waals surface area contributed by atoms with Gasteiger partial charge in [-0.2, -0.15) is 0 Å². The van der Waals surface area contributed by atoms with Crippen LogP contribution in [-0.2, 0) is 6.54 Å². The summed E-state index contributed by atoms with van der Waals surface area (Å²) in [7, 11) is 1.92. The predicted octanol–water partition coefficient (Wildman–Crippen LogP) is 1.62. The quantitative estimate of drug-likeness (QED) is 0.824. The highest BCUT2D eigenvalue weighted by Gasteiger charge is 2.13. The van der Waals surface area contributed by atoms with E-state index in [1.807, 2.05) is 37.1 Å². The van der Waals surface area contributed by atoms with Gasteiger partial charge in [-0.3, -0.25) is 0 Å². The lowest BCUT2D eigenvalue weighted by molar-refractivity contribution is 0.270. The summed E-state index contributed by atoms with van der Waals surface area (Å²) in [4.78, 5) is 1.98. The Bertz CT molecular complexity index is 330.